The Morgan fingerprint density at radius 3 is 2.38 bits per heavy atom. The van der Waals surface area contributed by atoms with E-state index in [0.717, 1.165) is 0 Å². The van der Waals surface area contributed by atoms with Crippen molar-refractivity contribution in [3.63, 3.8) is 0 Å². The molecule has 5 rings (SSSR count). The lowest BCUT2D eigenvalue weighted by Gasteiger charge is -2.27. The number of hydrogen-bond acceptors (Lipinski definition) is 6. The quantitative estimate of drug-likeness (QED) is 0.459. The van der Waals surface area contributed by atoms with Gasteiger partial charge >= 0.3 is 5.97 Å². The summed E-state index contributed by atoms with van der Waals surface area (Å²) in [7, 11) is 1.30. The first kappa shape index (κ1) is 21.6. The second-order valence-electron chi connectivity index (χ2n) is 8.07. The van der Waals surface area contributed by atoms with Crippen molar-refractivity contribution in [1.82, 2.24) is 4.90 Å². The zero-order valence-electron chi connectivity index (χ0n) is 18.3. The molecule has 1 aromatic heterocycles. The Morgan fingerprint density at radius 2 is 1.68 bits per heavy atom. The van der Waals surface area contributed by atoms with Gasteiger partial charge in [0.05, 0.1) is 42.3 Å². The Hall–Kier alpha value is -4.23. The van der Waals surface area contributed by atoms with Gasteiger partial charge in [-0.15, -0.1) is 0 Å². The number of β-amino-alcohol motifs (C(OH)–C–C–N with tert-alkyl or cyclic N) is 1. The summed E-state index contributed by atoms with van der Waals surface area (Å²) < 4.78 is 10.7. The predicted molar refractivity (Wildman–Crippen MR) is 125 cm³/mol. The first-order valence-electron chi connectivity index (χ1n) is 10.8. The maximum Gasteiger partial charge on any atom is 0.337 e. The van der Waals surface area contributed by atoms with Gasteiger partial charge < -0.3 is 19.2 Å². The molecule has 1 amide bonds. The van der Waals surface area contributed by atoms with Crippen molar-refractivity contribution in [3.05, 3.63) is 117 Å². The van der Waals surface area contributed by atoms with Crippen LogP contribution in [0.2, 0.25) is 0 Å². The van der Waals surface area contributed by atoms with Crippen molar-refractivity contribution in [2.75, 3.05) is 13.7 Å². The van der Waals surface area contributed by atoms with E-state index in [9.17, 15) is 19.5 Å². The van der Waals surface area contributed by atoms with Crippen molar-refractivity contribution in [2.45, 2.75) is 12.1 Å². The molecule has 0 aliphatic carbocycles. The van der Waals surface area contributed by atoms with Crippen LogP contribution in [-0.2, 0) is 4.74 Å². The first-order chi connectivity index (χ1) is 16.5. The number of methoxy groups -OCH3 is 1. The number of hydrogen-bond donors (Lipinski definition) is 1. The number of esters is 1. The van der Waals surface area contributed by atoms with Crippen LogP contribution in [0.4, 0.5) is 0 Å². The molecule has 1 N–H and O–H groups in total. The van der Waals surface area contributed by atoms with Gasteiger partial charge in [-0.25, -0.2) is 4.79 Å². The Morgan fingerprint density at radius 1 is 1.00 bits per heavy atom. The van der Waals surface area contributed by atoms with E-state index < -0.39 is 24.0 Å². The molecule has 2 atom stereocenters. The van der Waals surface area contributed by atoms with E-state index in [2.05, 4.69) is 0 Å². The molecule has 3 aromatic carbocycles. The third-order valence-electron chi connectivity index (χ3n) is 6.07. The minimum Gasteiger partial charge on any atom is -0.465 e. The largest absolute Gasteiger partial charge is 0.465 e. The fourth-order valence-corrected chi connectivity index (χ4v) is 4.39. The summed E-state index contributed by atoms with van der Waals surface area (Å²) in [6.07, 6.45) is -0.971. The van der Waals surface area contributed by atoms with Gasteiger partial charge in [-0.3, -0.25) is 9.59 Å². The summed E-state index contributed by atoms with van der Waals surface area (Å²) in [5, 5.41) is 11.3. The zero-order valence-corrected chi connectivity index (χ0v) is 18.3. The number of para-hydroxylation sites is 1. The van der Waals surface area contributed by atoms with Crippen LogP contribution >= 0.6 is 0 Å². The van der Waals surface area contributed by atoms with Crippen molar-refractivity contribution in [3.8, 4) is 0 Å². The monoisotopic (exact) mass is 455 g/mol. The van der Waals surface area contributed by atoms with Crippen molar-refractivity contribution in [1.29, 1.82) is 0 Å². The number of rotatable bonds is 5. The highest BCUT2D eigenvalue weighted by Gasteiger charge is 2.43. The zero-order chi connectivity index (χ0) is 23.8. The number of carbonyl (C=O) groups excluding carboxylic acids is 2. The lowest BCUT2D eigenvalue weighted by molar-refractivity contribution is 0.0579. The van der Waals surface area contributed by atoms with E-state index in [-0.39, 0.29) is 23.3 Å². The van der Waals surface area contributed by atoms with Gasteiger partial charge in [-0.05, 0) is 35.4 Å². The average Bonchev–Trinajstić information content (AvgIpc) is 3.15. The number of amides is 1. The van der Waals surface area contributed by atoms with Crippen molar-refractivity contribution in [2.24, 2.45) is 0 Å². The molecule has 4 aromatic rings. The highest BCUT2D eigenvalue weighted by atomic mass is 16.5. The third kappa shape index (κ3) is 3.56. The minimum absolute atomic E-state index is 0.0361. The molecule has 2 unspecified atom stereocenters. The van der Waals surface area contributed by atoms with E-state index in [0.29, 0.717) is 27.7 Å². The molecule has 2 heterocycles. The Kier molecular flexibility index (Phi) is 5.47. The van der Waals surface area contributed by atoms with Crippen LogP contribution in [0.25, 0.3) is 11.0 Å². The molecular weight excluding hydrogens is 434 g/mol. The molecule has 1 aliphatic rings. The molecular formula is C27H21NO6. The van der Waals surface area contributed by atoms with Crippen LogP contribution < -0.4 is 5.43 Å². The maximum absolute atomic E-state index is 13.5. The second kappa shape index (κ2) is 8.61. The molecule has 0 saturated heterocycles. The van der Waals surface area contributed by atoms with Gasteiger partial charge in [-0.1, -0.05) is 54.6 Å². The first-order valence-corrected chi connectivity index (χ1v) is 10.8. The lowest BCUT2D eigenvalue weighted by atomic mass is 9.97. The van der Waals surface area contributed by atoms with Gasteiger partial charge in [0.25, 0.3) is 5.91 Å². The molecule has 0 fully saturated rings. The Bertz CT molecular complexity index is 1440. The Labute approximate surface area is 194 Å². The molecule has 0 radical (unpaired) electrons. The highest BCUT2D eigenvalue weighted by molar-refractivity contribution is 5.99. The van der Waals surface area contributed by atoms with E-state index >= 15 is 0 Å². The van der Waals surface area contributed by atoms with Gasteiger partial charge in [0.15, 0.2) is 5.43 Å². The summed E-state index contributed by atoms with van der Waals surface area (Å²) in [6.45, 7) is -0.0494. The van der Waals surface area contributed by atoms with Crippen LogP contribution in [0.15, 0.2) is 88.1 Å². The number of benzene rings is 3. The Balaban J connectivity index is 1.64. The summed E-state index contributed by atoms with van der Waals surface area (Å²) in [5.74, 6) is -1.00. The number of ether oxygens (including phenoxy) is 1. The smallest absolute Gasteiger partial charge is 0.337 e. The number of nitrogens with zero attached hydrogens (tertiary/aromatic N) is 1. The summed E-state index contributed by atoms with van der Waals surface area (Å²) in [5.41, 5.74) is 1.85. The summed E-state index contributed by atoms with van der Waals surface area (Å²) >= 11 is 0. The fourth-order valence-electron chi connectivity index (χ4n) is 4.39. The normalized spacial score (nSPS) is 15.9. The molecule has 34 heavy (non-hydrogen) atoms. The summed E-state index contributed by atoms with van der Waals surface area (Å²) in [6, 6.07) is 21.5. The van der Waals surface area contributed by atoms with Gasteiger partial charge in [0, 0.05) is 0 Å². The topological polar surface area (TPSA) is 97.0 Å². The third-order valence-corrected chi connectivity index (χ3v) is 6.07. The fraction of sp³-hybridized carbons (Fsp3) is 0.148. The van der Waals surface area contributed by atoms with E-state index in [1.54, 1.807) is 72.8 Å². The standard InChI is InChI=1S/C27H21NO6/c1-33-27(32)18-13-11-17(12-14-18)23-22-24(30)19-9-5-6-10-21(19)34-25(22)26(31)28(23)15-20(29)16-7-3-2-4-8-16/h2-14,20,23,29H,15H2,1H3. The van der Waals surface area contributed by atoms with E-state index in [4.69, 9.17) is 9.15 Å². The summed E-state index contributed by atoms with van der Waals surface area (Å²) in [4.78, 5) is 40.3. The van der Waals surface area contributed by atoms with E-state index in [1.807, 2.05) is 6.07 Å². The molecule has 7 heteroatoms. The molecule has 7 nitrogen and oxygen atoms in total. The molecule has 0 spiro atoms. The van der Waals surface area contributed by atoms with Crippen LogP contribution in [-0.4, -0.2) is 35.5 Å². The predicted octanol–water partition coefficient (Wildman–Crippen LogP) is 3.86. The SMILES string of the molecule is COC(=O)c1ccc(C2c3c(oc4ccccc4c3=O)C(=O)N2CC(O)c2ccccc2)cc1. The lowest BCUT2D eigenvalue weighted by Crippen LogP contribution is -2.33. The number of fused-ring (bicyclic) bond motifs is 2. The van der Waals surface area contributed by atoms with Crippen molar-refractivity contribution < 1.29 is 23.8 Å². The minimum atomic E-state index is -0.971. The number of aliphatic hydroxyl groups excluding tert-OH is 1. The van der Waals surface area contributed by atoms with Crippen LogP contribution in [0.1, 0.15) is 49.7 Å². The number of carbonyl (C=O) groups is 2. The van der Waals surface area contributed by atoms with Gasteiger partial charge in [0.1, 0.15) is 5.58 Å². The van der Waals surface area contributed by atoms with E-state index in [1.165, 1.54) is 12.0 Å². The molecule has 1 aliphatic heterocycles. The average molecular weight is 455 g/mol. The second-order valence-corrected chi connectivity index (χ2v) is 8.07. The molecule has 170 valence electrons. The number of aliphatic hydroxyl groups is 1. The molecule has 0 saturated carbocycles. The van der Waals surface area contributed by atoms with Crippen LogP contribution in [0, 0.1) is 0 Å². The highest BCUT2D eigenvalue weighted by Crippen LogP contribution is 2.39. The van der Waals surface area contributed by atoms with Gasteiger partial charge in [-0.2, -0.15) is 0 Å². The van der Waals surface area contributed by atoms with Crippen LogP contribution in [0.5, 0.6) is 0 Å². The molecule has 0 bridgehead atoms. The van der Waals surface area contributed by atoms with Gasteiger partial charge in [0.2, 0.25) is 5.76 Å². The van der Waals surface area contributed by atoms with Crippen LogP contribution in [0.3, 0.4) is 0 Å². The maximum atomic E-state index is 13.5. The van der Waals surface area contributed by atoms with Crippen molar-refractivity contribution >= 4 is 22.8 Å².